The minimum atomic E-state index is -0.992. The lowest BCUT2D eigenvalue weighted by atomic mass is 9.88. The van der Waals surface area contributed by atoms with E-state index in [0.717, 1.165) is 26.9 Å². The second-order valence-corrected chi connectivity index (χ2v) is 6.20. The average Bonchev–Trinajstić information content (AvgIpc) is 2.46. The zero-order valence-electron chi connectivity index (χ0n) is 11.8. The van der Waals surface area contributed by atoms with E-state index in [1.54, 1.807) is 0 Å². The average molecular weight is 382 g/mol. The molecule has 0 fully saturated rings. The van der Waals surface area contributed by atoms with Gasteiger partial charge in [0.15, 0.2) is 0 Å². The highest BCUT2D eigenvalue weighted by atomic mass is 127. The highest BCUT2D eigenvalue weighted by Crippen LogP contribution is 2.30. The van der Waals surface area contributed by atoms with Gasteiger partial charge in [-0.1, -0.05) is 31.2 Å². The summed E-state index contributed by atoms with van der Waals surface area (Å²) in [5.74, 6) is 0.842. The van der Waals surface area contributed by atoms with Crippen molar-refractivity contribution in [2.75, 3.05) is 6.61 Å². The van der Waals surface area contributed by atoms with Crippen LogP contribution in [0.3, 0.4) is 0 Å². The van der Waals surface area contributed by atoms with Gasteiger partial charge in [0.1, 0.15) is 11.4 Å². The fraction of sp³-hybridized carbons (Fsp3) is 0.294. The summed E-state index contributed by atoms with van der Waals surface area (Å²) >= 11 is 2.26. The molecule has 0 amide bonds. The molecule has 106 valence electrons. The lowest BCUT2D eigenvalue weighted by Gasteiger charge is -2.24. The van der Waals surface area contributed by atoms with E-state index in [4.69, 9.17) is 4.74 Å². The van der Waals surface area contributed by atoms with Gasteiger partial charge in [0.25, 0.3) is 0 Å². The van der Waals surface area contributed by atoms with Crippen molar-refractivity contribution in [3.05, 3.63) is 63.2 Å². The van der Waals surface area contributed by atoms with Gasteiger partial charge in [0.05, 0.1) is 6.61 Å². The quantitative estimate of drug-likeness (QED) is 0.780. The van der Waals surface area contributed by atoms with E-state index in [2.05, 4.69) is 29.5 Å². The van der Waals surface area contributed by atoms with Crippen molar-refractivity contribution in [3.63, 3.8) is 0 Å². The lowest BCUT2D eigenvalue weighted by Crippen LogP contribution is -2.22. The van der Waals surface area contributed by atoms with Gasteiger partial charge >= 0.3 is 0 Å². The molecule has 0 aliphatic carbocycles. The van der Waals surface area contributed by atoms with Gasteiger partial charge in [0, 0.05) is 3.57 Å². The van der Waals surface area contributed by atoms with Crippen LogP contribution in [0.15, 0.2) is 48.5 Å². The van der Waals surface area contributed by atoms with Crippen LogP contribution in [0.4, 0.5) is 0 Å². The summed E-state index contributed by atoms with van der Waals surface area (Å²) in [7, 11) is 0. The standard InChI is InChI=1S/C17H19IO2/c1-3-12-20-16-10-6-14(7-11-16)17(2,19)13-4-8-15(18)9-5-13/h4-11,19H,3,12H2,1-2H3. The molecule has 0 spiro atoms. The molecule has 1 atom stereocenters. The molecule has 0 saturated carbocycles. The Balaban J connectivity index is 2.22. The molecule has 20 heavy (non-hydrogen) atoms. The fourth-order valence-electron chi connectivity index (χ4n) is 2.04. The van der Waals surface area contributed by atoms with Crippen molar-refractivity contribution < 1.29 is 9.84 Å². The first-order chi connectivity index (χ1) is 9.54. The molecule has 0 saturated heterocycles. The first kappa shape index (κ1) is 15.3. The molecule has 3 heteroatoms. The van der Waals surface area contributed by atoms with Crippen LogP contribution in [0.5, 0.6) is 5.75 Å². The molecule has 0 radical (unpaired) electrons. The smallest absolute Gasteiger partial charge is 0.119 e. The van der Waals surface area contributed by atoms with Gasteiger partial charge < -0.3 is 9.84 Å². The summed E-state index contributed by atoms with van der Waals surface area (Å²) in [5, 5.41) is 10.8. The van der Waals surface area contributed by atoms with Crippen LogP contribution >= 0.6 is 22.6 Å². The first-order valence-electron chi connectivity index (χ1n) is 6.76. The normalized spacial score (nSPS) is 13.8. The molecule has 1 unspecified atom stereocenters. The first-order valence-corrected chi connectivity index (χ1v) is 7.83. The second kappa shape index (κ2) is 6.59. The Kier molecular flexibility index (Phi) is 5.05. The second-order valence-electron chi connectivity index (χ2n) is 4.95. The molecule has 2 aromatic carbocycles. The van der Waals surface area contributed by atoms with Crippen LogP contribution in [0.1, 0.15) is 31.4 Å². The lowest BCUT2D eigenvalue weighted by molar-refractivity contribution is 0.102. The third kappa shape index (κ3) is 3.52. The highest BCUT2D eigenvalue weighted by molar-refractivity contribution is 14.1. The van der Waals surface area contributed by atoms with Gasteiger partial charge in [-0.05, 0) is 71.3 Å². The Bertz CT molecular complexity index is 544. The van der Waals surface area contributed by atoms with Crippen molar-refractivity contribution in [2.24, 2.45) is 0 Å². The summed E-state index contributed by atoms with van der Waals surface area (Å²) < 4.78 is 6.72. The van der Waals surface area contributed by atoms with Crippen LogP contribution in [0.2, 0.25) is 0 Å². The maximum Gasteiger partial charge on any atom is 0.119 e. The van der Waals surface area contributed by atoms with Gasteiger partial charge in [-0.15, -0.1) is 0 Å². The zero-order valence-corrected chi connectivity index (χ0v) is 13.9. The van der Waals surface area contributed by atoms with E-state index in [-0.39, 0.29) is 0 Å². The third-order valence-corrected chi connectivity index (χ3v) is 4.01. The minimum absolute atomic E-state index is 0.715. The molecular weight excluding hydrogens is 363 g/mol. The van der Waals surface area contributed by atoms with Crippen molar-refractivity contribution >= 4 is 22.6 Å². The van der Waals surface area contributed by atoms with Gasteiger partial charge in [-0.3, -0.25) is 0 Å². The molecule has 0 aromatic heterocycles. The Morgan fingerprint density at radius 3 is 2.00 bits per heavy atom. The number of hydrogen-bond donors (Lipinski definition) is 1. The number of hydrogen-bond acceptors (Lipinski definition) is 2. The molecule has 2 aromatic rings. The number of benzene rings is 2. The highest BCUT2D eigenvalue weighted by Gasteiger charge is 2.25. The van der Waals surface area contributed by atoms with Crippen molar-refractivity contribution in [2.45, 2.75) is 25.9 Å². The number of ether oxygens (including phenoxy) is 1. The summed E-state index contributed by atoms with van der Waals surface area (Å²) in [5.41, 5.74) is 0.760. The zero-order chi connectivity index (χ0) is 14.6. The Morgan fingerprint density at radius 2 is 1.50 bits per heavy atom. The van der Waals surface area contributed by atoms with Crippen LogP contribution in [0.25, 0.3) is 0 Å². The maximum absolute atomic E-state index is 10.8. The third-order valence-electron chi connectivity index (χ3n) is 3.30. The van der Waals surface area contributed by atoms with E-state index in [1.807, 2.05) is 55.5 Å². The maximum atomic E-state index is 10.8. The largest absolute Gasteiger partial charge is 0.494 e. The van der Waals surface area contributed by atoms with Gasteiger partial charge in [-0.25, -0.2) is 0 Å². The summed E-state index contributed by atoms with van der Waals surface area (Å²) in [4.78, 5) is 0. The number of rotatable bonds is 5. The molecule has 0 bridgehead atoms. The van der Waals surface area contributed by atoms with Crippen molar-refractivity contribution in [1.29, 1.82) is 0 Å². The van der Waals surface area contributed by atoms with Crippen molar-refractivity contribution in [3.8, 4) is 5.75 Å². The molecule has 0 aliphatic heterocycles. The Morgan fingerprint density at radius 1 is 1.00 bits per heavy atom. The molecule has 2 nitrogen and oxygen atoms in total. The summed E-state index contributed by atoms with van der Waals surface area (Å²) in [6.45, 7) is 4.61. The van der Waals surface area contributed by atoms with E-state index in [1.165, 1.54) is 0 Å². The fourth-order valence-corrected chi connectivity index (χ4v) is 2.40. The minimum Gasteiger partial charge on any atom is -0.494 e. The Hall–Kier alpha value is -1.07. The summed E-state index contributed by atoms with van der Waals surface area (Å²) in [6, 6.07) is 15.6. The monoisotopic (exact) mass is 382 g/mol. The molecule has 0 aliphatic rings. The van der Waals surface area contributed by atoms with Crippen LogP contribution in [-0.2, 0) is 5.60 Å². The van der Waals surface area contributed by atoms with E-state index in [9.17, 15) is 5.11 Å². The van der Waals surface area contributed by atoms with E-state index in [0.29, 0.717) is 6.61 Å². The van der Waals surface area contributed by atoms with Gasteiger partial charge in [-0.2, -0.15) is 0 Å². The molecule has 2 rings (SSSR count). The predicted octanol–water partition coefficient (Wildman–Crippen LogP) is 4.34. The molecule has 0 heterocycles. The van der Waals surface area contributed by atoms with Crippen LogP contribution in [0, 0.1) is 3.57 Å². The SMILES string of the molecule is CCCOc1ccc(C(C)(O)c2ccc(I)cc2)cc1. The summed E-state index contributed by atoms with van der Waals surface area (Å²) in [6.07, 6.45) is 0.988. The van der Waals surface area contributed by atoms with Gasteiger partial charge in [0.2, 0.25) is 0 Å². The van der Waals surface area contributed by atoms with E-state index < -0.39 is 5.60 Å². The topological polar surface area (TPSA) is 29.5 Å². The van der Waals surface area contributed by atoms with Crippen molar-refractivity contribution in [1.82, 2.24) is 0 Å². The molecular formula is C17H19IO2. The number of aliphatic hydroxyl groups is 1. The van der Waals surface area contributed by atoms with Crippen LogP contribution < -0.4 is 4.74 Å². The van der Waals surface area contributed by atoms with E-state index >= 15 is 0 Å². The van der Waals surface area contributed by atoms with Crippen LogP contribution in [-0.4, -0.2) is 11.7 Å². The number of halogens is 1. The predicted molar refractivity (Wildman–Crippen MR) is 90.1 cm³/mol. The molecule has 1 N–H and O–H groups in total. The Labute approximate surface area is 133 Å².